The zero-order chi connectivity index (χ0) is 22.0. The molecule has 1 saturated heterocycles. The lowest BCUT2D eigenvalue weighted by molar-refractivity contribution is -0.125. The smallest absolute Gasteiger partial charge is 0.226 e. The highest BCUT2D eigenvalue weighted by molar-refractivity contribution is 5.83. The van der Waals surface area contributed by atoms with Gasteiger partial charge in [-0.15, -0.1) is 0 Å². The molecule has 1 fully saturated rings. The first-order valence-electron chi connectivity index (χ1n) is 11.3. The molecule has 5 nitrogen and oxygen atoms in total. The number of fused-ring (bicyclic) bond motifs is 1. The Kier molecular flexibility index (Phi) is 6.21. The summed E-state index contributed by atoms with van der Waals surface area (Å²) in [7, 11) is 0. The Hall–Kier alpha value is -2.95. The Bertz CT molecular complexity index is 1070. The first-order chi connectivity index (χ1) is 14.9. The van der Waals surface area contributed by atoms with Crippen molar-refractivity contribution in [3.05, 3.63) is 64.8 Å². The standard InChI is InChI=1S/C26H32N4O/c1-17-14-23-20(4)28-26(29-24(23)15-18(17)2)30-12-10-22(11-13-30)25(31)27-16-19(3)21-8-6-5-7-9-21/h5-9,14-15,19,22H,10-13,16H2,1-4H3,(H,27,31)/t19-/m0/s1. The lowest BCUT2D eigenvalue weighted by atomic mass is 9.95. The van der Waals surface area contributed by atoms with E-state index in [2.05, 4.69) is 62.2 Å². The van der Waals surface area contributed by atoms with Gasteiger partial charge in [-0.1, -0.05) is 37.3 Å². The number of hydrogen-bond acceptors (Lipinski definition) is 4. The average Bonchev–Trinajstić information content (AvgIpc) is 2.79. The number of aromatic nitrogens is 2. The summed E-state index contributed by atoms with van der Waals surface area (Å²) in [5.74, 6) is 1.32. The van der Waals surface area contributed by atoms with Crippen LogP contribution >= 0.6 is 0 Å². The molecule has 4 rings (SSSR count). The van der Waals surface area contributed by atoms with Crippen LogP contribution in [-0.2, 0) is 4.79 Å². The van der Waals surface area contributed by atoms with Crippen molar-refractivity contribution in [3.63, 3.8) is 0 Å². The number of carbonyl (C=O) groups is 1. The molecule has 0 aliphatic carbocycles. The van der Waals surface area contributed by atoms with Gasteiger partial charge in [-0.3, -0.25) is 4.79 Å². The number of aryl methyl sites for hydroxylation is 3. The van der Waals surface area contributed by atoms with Crippen molar-refractivity contribution < 1.29 is 4.79 Å². The topological polar surface area (TPSA) is 58.1 Å². The molecule has 0 unspecified atom stereocenters. The molecule has 1 aliphatic heterocycles. The van der Waals surface area contributed by atoms with Crippen LogP contribution in [0.3, 0.4) is 0 Å². The molecule has 1 aromatic heterocycles. The molecule has 3 aromatic rings. The fourth-order valence-corrected chi connectivity index (χ4v) is 4.31. The normalized spacial score (nSPS) is 15.8. The molecule has 0 saturated carbocycles. The molecule has 0 bridgehead atoms. The van der Waals surface area contributed by atoms with Gasteiger partial charge in [0.15, 0.2) is 0 Å². The molecule has 1 atom stereocenters. The Morgan fingerprint density at radius 3 is 2.45 bits per heavy atom. The number of benzene rings is 2. The van der Waals surface area contributed by atoms with Crippen LogP contribution in [0.2, 0.25) is 0 Å². The predicted molar refractivity (Wildman–Crippen MR) is 127 cm³/mol. The molecule has 5 heteroatoms. The second-order valence-corrected chi connectivity index (χ2v) is 8.88. The van der Waals surface area contributed by atoms with Gasteiger partial charge in [0.1, 0.15) is 0 Å². The highest BCUT2D eigenvalue weighted by Crippen LogP contribution is 2.26. The number of nitrogens with one attached hydrogen (secondary N) is 1. The number of amides is 1. The average molecular weight is 417 g/mol. The maximum Gasteiger partial charge on any atom is 0.226 e. The minimum absolute atomic E-state index is 0.0608. The molecule has 1 amide bonds. The van der Waals surface area contributed by atoms with Crippen molar-refractivity contribution in [2.45, 2.75) is 46.5 Å². The molecule has 2 heterocycles. The maximum absolute atomic E-state index is 12.7. The molecular formula is C26H32N4O. The number of anilines is 1. The molecule has 0 spiro atoms. The molecular weight excluding hydrogens is 384 g/mol. The van der Waals surface area contributed by atoms with E-state index in [0.29, 0.717) is 12.5 Å². The lowest BCUT2D eigenvalue weighted by Crippen LogP contribution is -2.42. The Balaban J connectivity index is 1.36. The zero-order valence-electron chi connectivity index (χ0n) is 19.0. The first-order valence-corrected chi connectivity index (χ1v) is 11.3. The highest BCUT2D eigenvalue weighted by atomic mass is 16.1. The number of nitrogens with zero attached hydrogens (tertiary/aromatic N) is 3. The number of rotatable bonds is 5. The minimum Gasteiger partial charge on any atom is -0.355 e. The van der Waals surface area contributed by atoms with E-state index in [9.17, 15) is 4.79 Å². The summed E-state index contributed by atoms with van der Waals surface area (Å²) < 4.78 is 0. The van der Waals surface area contributed by atoms with Crippen LogP contribution in [0.4, 0.5) is 5.95 Å². The van der Waals surface area contributed by atoms with Crippen LogP contribution in [0.25, 0.3) is 10.9 Å². The van der Waals surface area contributed by atoms with Gasteiger partial charge in [-0.2, -0.15) is 0 Å². The lowest BCUT2D eigenvalue weighted by Gasteiger charge is -2.31. The maximum atomic E-state index is 12.7. The highest BCUT2D eigenvalue weighted by Gasteiger charge is 2.26. The molecule has 1 aliphatic rings. The monoisotopic (exact) mass is 416 g/mol. The second-order valence-electron chi connectivity index (χ2n) is 8.88. The van der Waals surface area contributed by atoms with E-state index in [1.165, 1.54) is 16.7 Å². The third-order valence-corrected chi connectivity index (χ3v) is 6.59. The van der Waals surface area contributed by atoms with Crippen LogP contribution in [0.5, 0.6) is 0 Å². The fraction of sp³-hybridized carbons (Fsp3) is 0.423. The van der Waals surface area contributed by atoms with E-state index >= 15 is 0 Å². The Labute approximate surface area is 184 Å². The van der Waals surface area contributed by atoms with Gasteiger partial charge in [-0.05, 0) is 68.4 Å². The van der Waals surface area contributed by atoms with Crippen molar-refractivity contribution >= 4 is 22.8 Å². The van der Waals surface area contributed by atoms with E-state index in [0.717, 1.165) is 48.5 Å². The Morgan fingerprint density at radius 2 is 1.74 bits per heavy atom. The molecule has 162 valence electrons. The van der Waals surface area contributed by atoms with Crippen molar-refractivity contribution in [2.24, 2.45) is 5.92 Å². The summed E-state index contributed by atoms with van der Waals surface area (Å²) in [4.78, 5) is 24.5. The van der Waals surface area contributed by atoms with Crippen LogP contribution in [0, 0.1) is 26.7 Å². The molecule has 31 heavy (non-hydrogen) atoms. The van der Waals surface area contributed by atoms with E-state index in [1.54, 1.807) is 0 Å². The van der Waals surface area contributed by atoms with Gasteiger partial charge in [0, 0.05) is 30.9 Å². The van der Waals surface area contributed by atoms with Gasteiger partial charge in [0.05, 0.1) is 11.2 Å². The van der Waals surface area contributed by atoms with E-state index in [1.807, 2.05) is 18.2 Å². The Morgan fingerprint density at radius 1 is 1.06 bits per heavy atom. The van der Waals surface area contributed by atoms with Crippen molar-refractivity contribution in [3.8, 4) is 0 Å². The predicted octanol–water partition coefficient (Wildman–Crippen LogP) is 4.69. The van der Waals surface area contributed by atoms with Crippen LogP contribution < -0.4 is 10.2 Å². The molecule has 1 N–H and O–H groups in total. The second kappa shape index (κ2) is 9.04. The molecule has 2 aromatic carbocycles. The summed E-state index contributed by atoms with van der Waals surface area (Å²) in [5, 5.41) is 4.28. The first kappa shape index (κ1) is 21.3. The summed E-state index contributed by atoms with van der Waals surface area (Å²) in [5.41, 5.74) is 5.78. The van der Waals surface area contributed by atoms with Crippen molar-refractivity contribution in [2.75, 3.05) is 24.5 Å². The third-order valence-electron chi connectivity index (χ3n) is 6.59. The van der Waals surface area contributed by atoms with Crippen LogP contribution in [0.15, 0.2) is 42.5 Å². The van der Waals surface area contributed by atoms with Crippen LogP contribution in [0.1, 0.15) is 48.1 Å². The molecule has 0 radical (unpaired) electrons. The summed E-state index contributed by atoms with van der Waals surface area (Å²) in [6, 6.07) is 14.7. The summed E-state index contributed by atoms with van der Waals surface area (Å²) >= 11 is 0. The van der Waals surface area contributed by atoms with E-state index in [4.69, 9.17) is 9.97 Å². The van der Waals surface area contributed by atoms with Crippen molar-refractivity contribution in [1.82, 2.24) is 15.3 Å². The van der Waals surface area contributed by atoms with Crippen LogP contribution in [-0.4, -0.2) is 35.5 Å². The van der Waals surface area contributed by atoms with Gasteiger partial charge < -0.3 is 10.2 Å². The summed E-state index contributed by atoms with van der Waals surface area (Å²) in [6.45, 7) is 10.7. The fourth-order valence-electron chi connectivity index (χ4n) is 4.31. The quantitative estimate of drug-likeness (QED) is 0.655. The van der Waals surface area contributed by atoms with Crippen molar-refractivity contribution in [1.29, 1.82) is 0 Å². The number of carbonyl (C=O) groups excluding carboxylic acids is 1. The third kappa shape index (κ3) is 4.71. The minimum atomic E-state index is 0.0608. The SMILES string of the molecule is Cc1cc2nc(N3CCC(C(=O)NC[C@H](C)c4ccccc4)CC3)nc(C)c2cc1C. The number of piperidine rings is 1. The summed E-state index contributed by atoms with van der Waals surface area (Å²) in [6.07, 6.45) is 1.66. The van der Waals surface area contributed by atoms with Gasteiger partial charge in [-0.25, -0.2) is 9.97 Å². The van der Waals surface area contributed by atoms with Gasteiger partial charge in [0.2, 0.25) is 11.9 Å². The van der Waals surface area contributed by atoms with E-state index < -0.39 is 0 Å². The zero-order valence-corrected chi connectivity index (χ0v) is 19.0. The number of hydrogen-bond donors (Lipinski definition) is 1. The van der Waals surface area contributed by atoms with Gasteiger partial charge >= 0.3 is 0 Å². The van der Waals surface area contributed by atoms with Gasteiger partial charge in [0.25, 0.3) is 0 Å². The largest absolute Gasteiger partial charge is 0.355 e. The van der Waals surface area contributed by atoms with E-state index in [-0.39, 0.29) is 11.8 Å².